The molecular weight excluding hydrogens is 311 g/mol. The summed E-state index contributed by atoms with van der Waals surface area (Å²) < 4.78 is 7.76. The molecule has 0 unspecified atom stereocenters. The molecule has 2 heterocycles. The van der Waals surface area contributed by atoms with E-state index in [2.05, 4.69) is 15.2 Å². The van der Waals surface area contributed by atoms with Crippen LogP contribution >= 0.6 is 23.2 Å². The molecule has 7 heteroatoms. The van der Waals surface area contributed by atoms with Gasteiger partial charge in [-0.1, -0.05) is 35.3 Å². The minimum atomic E-state index is -0.741. The van der Waals surface area contributed by atoms with Gasteiger partial charge in [-0.3, -0.25) is 4.40 Å². The van der Waals surface area contributed by atoms with Crippen LogP contribution in [0.1, 0.15) is 19.7 Å². The third-order valence-corrected chi connectivity index (χ3v) is 3.60. The summed E-state index contributed by atoms with van der Waals surface area (Å²) in [4.78, 5) is 3.98. The first-order valence-electron chi connectivity index (χ1n) is 6.28. The van der Waals surface area contributed by atoms with Crippen molar-refractivity contribution >= 4 is 28.8 Å². The lowest BCUT2D eigenvalue weighted by Crippen LogP contribution is -2.28. The third kappa shape index (κ3) is 2.54. The van der Waals surface area contributed by atoms with Crippen LogP contribution in [0.4, 0.5) is 0 Å². The number of nitrogens with zero attached hydrogens (tertiary/aromatic N) is 4. The largest absolute Gasteiger partial charge is 0.478 e. The van der Waals surface area contributed by atoms with Gasteiger partial charge in [-0.25, -0.2) is 4.98 Å². The highest BCUT2D eigenvalue weighted by Crippen LogP contribution is 2.32. The Hall–Kier alpha value is -1.85. The summed E-state index contributed by atoms with van der Waals surface area (Å²) in [5.74, 6) is 1.20. The van der Waals surface area contributed by atoms with Gasteiger partial charge in [0, 0.05) is 12.4 Å². The molecule has 0 aliphatic carbocycles. The average molecular weight is 323 g/mol. The van der Waals surface area contributed by atoms with Crippen LogP contribution in [0, 0.1) is 0 Å². The standard InChI is InChI=1S/C14H12Cl2N4O/c1-14(2,21-10-6-4-3-5-9(10)15)13-19-18-12-11(16)17-7-8-20(12)13/h3-8H,1-2H3. The molecule has 0 saturated heterocycles. The van der Waals surface area contributed by atoms with Gasteiger partial charge in [0.05, 0.1) is 5.02 Å². The molecular formula is C14H12Cl2N4O. The summed E-state index contributed by atoms with van der Waals surface area (Å²) in [5.41, 5.74) is -0.250. The van der Waals surface area contributed by atoms with E-state index in [4.69, 9.17) is 27.9 Å². The van der Waals surface area contributed by atoms with Crippen LogP contribution < -0.4 is 4.74 Å². The second-order valence-corrected chi connectivity index (χ2v) is 5.74. The molecule has 0 fully saturated rings. The quantitative estimate of drug-likeness (QED) is 0.737. The number of rotatable bonds is 3. The molecule has 0 aliphatic heterocycles. The zero-order chi connectivity index (χ0) is 15.0. The topological polar surface area (TPSA) is 52.3 Å². The van der Waals surface area contributed by atoms with Gasteiger partial charge >= 0.3 is 0 Å². The Morgan fingerprint density at radius 1 is 1.14 bits per heavy atom. The molecule has 0 spiro atoms. The maximum atomic E-state index is 6.14. The van der Waals surface area contributed by atoms with E-state index in [1.807, 2.05) is 32.0 Å². The second-order valence-electron chi connectivity index (χ2n) is 4.98. The van der Waals surface area contributed by atoms with E-state index in [1.165, 1.54) is 0 Å². The highest BCUT2D eigenvalue weighted by atomic mass is 35.5. The fourth-order valence-corrected chi connectivity index (χ4v) is 2.41. The fraction of sp³-hybridized carbons (Fsp3) is 0.214. The maximum Gasteiger partial charge on any atom is 0.198 e. The van der Waals surface area contributed by atoms with Gasteiger partial charge in [0.15, 0.2) is 22.2 Å². The van der Waals surface area contributed by atoms with Gasteiger partial charge in [-0.15, -0.1) is 10.2 Å². The number of hydrogen-bond acceptors (Lipinski definition) is 4. The number of halogens is 2. The molecule has 0 aliphatic rings. The number of benzene rings is 1. The Morgan fingerprint density at radius 2 is 1.90 bits per heavy atom. The summed E-state index contributed by atoms with van der Waals surface area (Å²) in [6.07, 6.45) is 3.34. The average Bonchev–Trinajstić information content (AvgIpc) is 2.87. The maximum absolute atomic E-state index is 6.14. The molecule has 3 aromatic rings. The highest BCUT2D eigenvalue weighted by Gasteiger charge is 2.30. The van der Waals surface area contributed by atoms with Crippen molar-refractivity contribution in [1.82, 2.24) is 19.6 Å². The van der Waals surface area contributed by atoms with Crippen molar-refractivity contribution in [2.45, 2.75) is 19.4 Å². The van der Waals surface area contributed by atoms with Crippen molar-refractivity contribution in [2.75, 3.05) is 0 Å². The first-order chi connectivity index (χ1) is 9.99. The van der Waals surface area contributed by atoms with Crippen LogP contribution in [0.3, 0.4) is 0 Å². The van der Waals surface area contributed by atoms with Crippen LogP contribution in [-0.4, -0.2) is 19.6 Å². The van der Waals surface area contributed by atoms with E-state index in [-0.39, 0.29) is 0 Å². The summed E-state index contributed by atoms with van der Waals surface area (Å²) in [6, 6.07) is 7.29. The van der Waals surface area contributed by atoms with E-state index in [0.29, 0.717) is 27.4 Å². The SMILES string of the molecule is CC(C)(Oc1ccccc1Cl)c1nnc2c(Cl)nccn12. The molecule has 5 nitrogen and oxygen atoms in total. The minimum Gasteiger partial charge on any atom is -0.478 e. The van der Waals surface area contributed by atoms with Crippen LogP contribution in [0.15, 0.2) is 36.7 Å². The van der Waals surface area contributed by atoms with Crippen molar-refractivity contribution in [1.29, 1.82) is 0 Å². The highest BCUT2D eigenvalue weighted by molar-refractivity contribution is 6.32. The zero-order valence-corrected chi connectivity index (χ0v) is 12.9. The number of fused-ring (bicyclic) bond motifs is 1. The van der Waals surface area contributed by atoms with Gasteiger partial charge in [0.1, 0.15) is 5.75 Å². The Balaban J connectivity index is 2.04. The van der Waals surface area contributed by atoms with Crippen LogP contribution in [0.2, 0.25) is 10.2 Å². The molecule has 0 N–H and O–H groups in total. The number of aromatic nitrogens is 4. The molecule has 3 rings (SSSR count). The normalized spacial score (nSPS) is 11.8. The van der Waals surface area contributed by atoms with Gasteiger partial charge in [-0.2, -0.15) is 0 Å². The van der Waals surface area contributed by atoms with Gasteiger partial charge in [-0.05, 0) is 26.0 Å². The van der Waals surface area contributed by atoms with Gasteiger partial charge in [0.25, 0.3) is 0 Å². The molecule has 0 amide bonds. The lowest BCUT2D eigenvalue weighted by molar-refractivity contribution is 0.0974. The summed E-state index contributed by atoms with van der Waals surface area (Å²) in [5, 5.41) is 9.07. The van der Waals surface area contributed by atoms with Crippen molar-refractivity contribution < 1.29 is 4.74 Å². The molecule has 0 atom stereocenters. The predicted octanol–water partition coefficient (Wildman–Crippen LogP) is 3.75. The van der Waals surface area contributed by atoms with Crippen LogP contribution in [0.25, 0.3) is 5.65 Å². The smallest absolute Gasteiger partial charge is 0.198 e. The van der Waals surface area contributed by atoms with Crippen LogP contribution in [-0.2, 0) is 5.60 Å². The molecule has 2 aromatic heterocycles. The van der Waals surface area contributed by atoms with Crippen molar-refractivity contribution in [3.05, 3.63) is 52.7 Å². The zero-order valence-electron chi connectivity index (χ0n) is 11.4. The molecule has 0 saturated carbocycles. The van der Waals surface area contributed by atoms with E-state index >= 15 is 0 Å². The van der Waals surface area contributed by atoms with Gasteiger partial charge in [0.2, 0.25) is 0 Å². The Bertz CT molecular complexity index is 801. The number of ether oxygens (including phenoxy) is 1. The fourth-order valence-electron chi connectivity index (χ4n) is 2.05. The summed E-state index contributed by atoms with van der Waals surface area (Å²) >= 11 is 12.1. The Labute approximate surface area is 131 Å². The predicted molar refractivity (Wildman–Crippen MR) is 80.9 cm³/mol. The van der Waals surface area contributed by atoms with Gasteiger partial charge < -0.3 is 4.74 Å². The molecule has 1 aromatic carbocycles. The van der Waals surface area contributed by atoms with Crippen molar-refractivity contribution in [2.24, 2.45) is 0 Å². The lowest BCUT2D eigenvalue weighted by Gasteiger charge is -2.25. The summed E-state index contributed by atoms with van der Waals surface area (Å²) in [6.45, 7) is 3.78. The second kappa shape index (κ2) is 5.16. The number of hydrogen-bond donors (Lipinski definition) is 0. The molecule has 0 bridgehead atoms. The summed E-state index contributed by atoms with van der Waals surface area (Å²) in [7, 11) is 0. The van der Waals surface area contributed by atoms with Crippen molar-refractivity contribution in [3.8, 4) is 5.75 Å². The lowest BCUT2D eigenvalue weighted by atomic mass is 10.1. The van der Waals surface area contributed by atoms with E-state index in [9.17, 15) is 0 Å². The Kier molecular flexibility index (Phi) is 3.47. The molecule has 21 heavy (non-hydrogen) atoms. The number of para-hydroxylation sites is 1. The van der Waals surface area contributed by atoms with E-state index in [1.54, 1.807) is 22.9 Å². The molecule has 0 radical (unpaired) electrons. The van der Waals surface area contributed by atoms with Crippen LogP contribution in [0.5, 0.6) is 5.75 Å². The minimum absolute atomic E-state index is 0.296. The monoisotopic (exact) mass is 322 g/mol. The first-order valence-corrected chi connectivity index (χ1v) is 7.04. The van der Waals surface area contributed by atoms with Crippen molar-refractivity contribution in [3.63, 3.8) is 0 Å². The molecule has 108 valence electrons. The third-order valence-electron chi connectivity index (χ3n) is 3.02. The van der Waals surface area contributed by atoms with E-state index < -0.39 is 5.60 Å². The Morgan fingerprint density at radius 3 is 2.67 bits per heavy atom. The first kappa shape index (κ1) is 14.1. The van der Waals surface area contributed by atoms with E-state index in [0.717, 1.165) is 0 Å².